The molecule has 8 heteroatoms. The summed E-state index contributed by atoms with van der Waals surface area (Å²) in [5.74, 6) is -1.84. The van der Waals surface area contributed by atoms with Crippen LogP contribution in [0.4, 0.5) is 0 Å². The highest BCUT2D eigenvalue weighted by molar-refractivity contribution is 7.89. The zero-order valence-electron chi connectivity index (χ0n) is 8.01. The van der Waals surface area contributed by atoms with Gasteiger partial charge in [0.05, 0.1) is 16.0 Å². The number of carbonyl (C=O) groups is 2. The fraction of sp³-hybridized carbons (Fsp3) is 0. The molecule has 1 rings (SSSR count). The Bertz CT molecular complexity index is 565. The highest BCUT2D eigenvalue weighted by atomic mass is 32.2. The number of benzene rings is 1. The number of carbonyl (C=O) groups excluding carboxylic acids is 2. The average molecular weight is 243 g/mol. The van der Waals surface area contributed by atoms with E-state index in [1.807, 2.05) is 0 Å². The summed E-state index contributed by atoms with van der Waals surface area (Å²) < 4.78 is 22.0. The van der Waals surface area contributed by atoms with Gasteiger partial charge in [-0.3, -0.25) is 9.59 Å². The molecule has 0 unspecified atom stereocenters. The van der Waals surface area contributed by atoms with E-state index in [2.05, 4.69) is 0 Å². The third-order valence-corrected chi connectivity index (χ3v) is 2.76. The van der Waals surface area contributed by atoms with Gasteiger partial charge in [-0.2, -0.15) is 0 Å². The summed E-state index contributed by atoms with van der Waals surface area (Å²) in [4.78, 5) is 21.6. The van der Waals surface area contributed by atoms with E-state index in [1.54, 1.807) is 0 Å². The van der Waals surface area contributed by atoms with E-state index in [4.69, 9.17) is 16.6 Å². The third-order valence-electron chi connectivity index (χ3n) is 1.85. The van der Waals surface area contributed by atoms with Crippen LogP contribution in [0.1, 0.15) is 20.7 Å². The first-order chi connectivity index (χ1) is 7.23. The van der Waals surface area contributed by atoms with Crippen LogP contribution in [0.25, 0.3) is 0 Å². The second kappa shape index (κ2) is 3.91. The van der Waals surface area contributed by atoms with E-state index in [-0.39, 0.29) is 16.0 Å². The van der Waals surface area contributed by atoms with Crippen LogP contribution in [-0.4, -0.2) is 20.2 Å². The maximum atomic E-state index is 11.0. The predicted molar refractivity (Wildman–Crippen MR) is 54.9 cm³/mol. The largest absolute Gasteiger partial charge is 0.366 e. The summed E-state index contributed by atoms with van der Waals surface area (Å²) >= 11 is 0. The maximum Gasteiger partial charge on any atom is 0.249 e. The lowest BCUT2D eigenvalue weighted by atomic mass is 10.1. The number of amides is 2. The Kier molecular flexibility index (Phi) is 2.97. The first kappa shape index (κ1) is 12.1. The second-order valence-electron chi connectivity index (χ2n) is 2.98. The van der Waals surface area contributed by atoms with E-state index in [9.17, 15) is 18.0 Å². The molecule has 0 heterocycles. The van der Waals surface area contributed by atoms with Gasteiger partial charge in [0.25, 0.3) is 0 Å². The molecular weight excluding hydrogens is 234 g/mol. The van der Waals surface area contributed by atoms with Crippen molar-refractivity contribution >= 4 is 21.8 Å². The summed E-state index contributed by atoms with van der Waals surface area (Å²) in [6.07, 6.45) is 0. The summed E-state index contributed by atoms with van der Waals surface area (Å²) in [6, 6.07) is 3.07. The first-order valence-electron chi connectivity index (χ1n) is 4.00. The summed E-state index contributed by atoms with van der Waals surface area (Å²) in [5, 5.41) is 4.86. The SMILES string of the molecule is NC(=O)c1ccc(S(N)(=O)=O)cc1C(N)=O. The van der Waals surface area contributed by atoms with Gasteiger partial charge in [0.15, 0.2) is 0 Å². The van der Waals surface area contributed by atoms with Crippen molar-refractivity contribution in [3.05, 3.63) is 29.3 Å². The number of hydrogen-bond donors (Lipinski definition) is 3. The van der Waals surface area contributed by atoms with E-state index in [0.29, 0.717) is 0 Å². The van der Waals surface area contributed by atoms with Crippen LogP contribution in [0.3, 0.4) is 0 Å². The van der Waals surface area contributed by atoms with Crippen LogP contribution in [0.2, 0.25) is 0 Å². The monoisotopic (exact) mass is 243 g/mol. The number of primary amides is 2. The minimum absolute atomic E-state index is 0.153. The normalized spacial score (nSPS) is 11.1. The third kappa shape index (κ3) is 2.35. The van der Waals surface area contributed by atoms with Crippen molar-refractivity contribution in [1.29, 1.82) is 0 Å². The molecule has 0 saturated carbocycles. The van der Waals surface area contributed by atoms with Gasteiger partial charge < -0.3 is 11.5 Å². The van der Waals surface area contributed by atoms with Gasteiger partial charge in [0, 0.05) is 0 Å². The van der Waals surface area contributed by atoms with Crippen molar-refractivity contribution in [2.75, 3.05) is 0 Å². The van der Waals surface area contributed by atoms with E-state index >= 15 is 0 Å². The van der Waals surface area contributed by atoms with E-state index in [1.165, 1.54) is 0 Å². The maximum absolute atomic E-state index is 11.0. The molecule has 0 saturated heterocycles. The Morgan fingerprint density at radius 1 is 1.00 bits per heavy atom. The number of hydrogen-bond acceptors (Lipinski definition) is 4. The molecule has 0 atom stereocenters. The highest BCUT2D eigenvalue weighted by Crippen LogP contribution is 2.14. The van der Waals surface area contributed by atoms with Gasteiger partial charge in [-0.05, 0) is 18.2 Å². The number of sulfonamides is 1. The number of nitrogens with two attached hydrogens (primary N) is 3. The molecule has 0 bridgehead atoms. The van der Waals surface area contributed by atoms with Crippen molar-refractivity contribution < 1.29 is 18.0 Å². The fourth-order valence-corrected chi connectivity index (χ4v) is 1.66. The molecule has 1 aromatic rings. The lowest BCUT2D eigenvalue weighted by Gasteiger charge is -2.05. The van der Waals surface area contributed by atoms with Crippen LogP contribution < -0.4 is 16.6 Å². The minimum atomic E-state index is -3.96. The van der Waals surface area contributed by atoms with Gasteiger partial charge in [-0.1, -0.05) is 0 Å². The van der Waals surface area contributed by atoms with Crippen molar-refractivity contribution in [3.8, 4) is 0 Å². The average Bonchev–Trinajstić information content (AvgIpc) is 2.15. The van der Waals surface area contributed by atoms with Crippen LogP contribution >= 0.6 is 0 Å². The summed E-state index contributed by atoms with van der Waals surface area (Å²) in [5.41, 5.74) is 9.53. The molecule has 0 radical (unpaired) electrons. The zero-order chi connectivity index (χ0) is 12.5. The van der Waals surface area contributed by atoms with Gasteiger partial charge in [-0.25, -0.2) is 13.6 Å². The molecule has 6 N–H and O–H groups in total. The van der Waals surface area contributed by atoms with Crippen molar-refractivity contribution in [2.45, 2.75) is 4.90 Å². The lowest BCUT2D eigenvalue weighted by molar-refractivity contribution is 0.0967. The van der Waals surface area contributed by atoms with E-state index in [0.717, 1.165) is 18.2 Å². The predicted octanol–water partition coefficient (Wildman–Crippen LogP) is -1.47. The molecule has 7 nitrogen and oxygen atoms in total. The van der Waals surface area contributed by atoms with Crippen LogP contribution in [0, 0.1) is 0 Å². The second-order valence-corrected chi connectivity index (χ2v) is 4.54. The van der Waals surface area contributed by atoms with Gasteiger partial charge in [-0.15, -0.1) is 0 Å². The molecule has 0 aromatic heterocycles. The molecule has 0 fully saturated rings. The van der Waals surface area contributed by atoms with Crippen molar-refractivity contribution in [2.24, 2.45) is 16.6 Å². The van der Waals surface area contributed by atoms with Gasteiger partial charge >= 0.3 is 0 Å². The number of rotatable bonds is 3. The molecule has 2 amide bonds. The molecule has 0 aliphatic heterocycles. The zero-order valence-corrected chi connectivity index (χ0v) is 8.82. The standard InChI is InChI=1S/C8H9N3O4S/c9-7(12)5-2-1-4(16(11,14)15)3-6(5)8(10)13/h1-3H,(H2,9,12)(H2,10,13)(H2,11,14,15). The van der Waals surface area contributed by atoms with E-state index < -0.39 is 21.8 Å². The Labute approximate surface area is 91.3 Å². The summed E-state index contributed by atoms with van der Waals surface area (Å²) in [7, 11) is -3.96. The molecular formula is C8H9N3O4S. The van der Waals surface area contributed by atoms with Crippen LogP contribution in [-0.2, 0) is 10.0 Å². The van der Waals surface area contributed by atoms with Crippen molar-refractivity contribution in [1.82, 2.24) is 0 Å². The van der Waals surface area contributed by atoms with Gasteiger partial charge in [0.2, 0.25) is 21.8 Å². The Hall–Kier alpha value is -1.93. The number of primary sulfonamides is 1. The Morgan fingerprint density at radius 3 is 1.88 bits per heavy atom. The van der Waals surface area contributed by atoms with Crippen LogP contribution in [0.5, 0.6) is 0 Å². The molecule has 1 aromatic carbocycles. The molecule has 0 spiro atoms. The Balaban J connectivity index is 3.52. The smallest absolute Gasteiger partial charge is 0.249 e. The fourth-order valence-electron chi connectivity index (χ4n) is 1.12. The molecule has 16 heavy (non-hydrogen) atoms. The molecule has 86 valence electrons. The van der Waals surface area contributed by atoms with Crippen LogP contribution in [0.15, 0.2) is 23.1 Å². The first-order valence-corrected chi connectivity index (χ1v) is 5.54. The van der Waals surface area contributed by atoms with Crippen molar-refractivity contribution in [3.63, 3.8) is 0 Å². The quantitative estimate of drug-likeness (QED) is 0.594. The molecule has 0 aliphatic carbocycles. The lowest BCUT2D eigenvalue weighted by Crippen LogP contribution is -2.22. The molecule has 0 aliphatic rings. The topological polar surface area (TPSA) is 146 Å². The highest BCUT2D eigenvalue weighted by Gasteiger charge is 2.17. The van der Waals surface area contributed by atoms with Gasteiger partial charge in [0.1, 0.15) is 0 Å². The minimum Gasteiger partial charge on any atom is -0.366 e. The summed E-state index contributed by atoms with van der Waals surface area (Å²) in [6.45, 7) is 0. The Morgan fingerprint density at radius 2 is 1.50 bits per heavy atom.